The zero-order valence-electron chi connectivity index (χ0n) is 8.02. The summed E-state index contributed by atoms with van der Waals surface area (Å²) in [5, 5.41) is 8.77. The van der Waals surface area contributed by atoms with Crippen LogP contribution in [0.5, 0.6) is 0 Å². The van der Waals surface area contributed by atoms with Crippen LogP contribution in [0.25, 0.3) is 0 Å². The summed E-state index contributed by atoms with van der Waals surface area (Å²) < 4.78 is 0. The van der Waals surface area contributed by atoms with Crippen LogP contribution in [-0.2, 0) is 0 Å². The largest absolute Gasteiger partial charge is 0.289 e. The smallest absolute Gasteiger partial charge is 0.103 e. The van der Waals surface area contributed by atoms with Crippen molar-refractivity contribution in [1.82, 2.24) is 4.90 Å². The Balaban J connectivity index is 3.83. The highest BCUT2D eigenvalue weighted by Crippen LogP contribution is 2.10. The highest BCUT2D eigenvalue weighted by molar-refractivity contribution is 5.00. The highest BCUT2D eigenvalue weighted by atomic mass is 15.2. The minimum Gasteiger partial charge on any atom is -0.289 e. The first-order valence-electron chi connectivity index (χ1n) is 4.17. The normalized spacial score (nSPS) is 11.6. The Morgan fingerprint density at radius 3 is 2.36 bits per heavy atom. The Morgan fingerprint density at radius 1 is 1.45 bits per heavy atom. The van der Waals surface area contributed by atoms with Crippen LogP contribution in [-0.4, -0.2) is 24.0 Å². The topological polar surface area (TPSA) is 27.0 Å². The van der Waals surface area contributed by atoms with Gasteiger partial charge in [0.2, 0.25) is 0 Å². The molecule has 11 heavy (non-hydrogen) atoms. The molecule has 0 spiro atoms. The molecule has 2 nitrogen and oxygen atoms in total. The molecule has 0 saturated heterocycles. The third kappa shape index (κ3) is 3.38. The third-order valence-corrected chi connectivity index (χ3v) is 2.07. The fraction of sp³-hybridized carbons (Fsp3) is 0.889. The van der Waals surface area contributed by atoms with Crippen LogP contribution in [0.3, 0.4) is 0 Å². The standard InChI is InChI=1S/C9H18N2/c1-5-6-7-11(4)9(2,3)8-10/h5-7H2,1-4H3. The number of nitriles is 1. The number of unbranched alkanes of at least 4 members (excludes halogenated alkanes) is 1. The third-order valence-electron chi connectivity index (χ3n) is 2.07. The van der Waals surface area contributed by atoms with Crippen LogP contribution >= 0.6 is 0 Å². The molecule has 0 saturated carbocycles. The maximum Gasteiger partial charge on any atom is 0.103 e. The second-order valence-electron chi connectivity index (χ2n) is 3.45. The van der Waals surface area contributed by atoms with E-state index < -0.39 is 0 Å². The molecule has 0 aromatic rings. The van der Waals surface area contributed by atoms with Crippen molar-refractivity contribution >= 4 is 0 Å². The molecular formula is C9H18N2. The van der Waals surface area contributed by atoms with Crippen molar-refractivity contribution in [2.45, 2.75) is 39.2 Å². The second-order valence-corrected chi connectivity index (χ2v) is 3.45. The van der Waals surface area contributed by atoms with Crippen LogP contribution in [0.4, 0.5) is 0 Å². The van der Waals surface area contributed by atoms with Crippen LogP contribution in [0, 0.1) is 11.3 Å². The zero-order valence-corrected chi connectivity index (χ0v) is 8.02. The lowest BCUT2D eigenvalue weighted by Gasteiger charge is -2.28. The molecule has 0 amide bonds. The van der Waals surface area contributed by atoms with Crippen molar-refractivity contribution in [2.24, 2.45) is 0 Å². The molecule has 0 N–H and O–H groups in total. The number of nitrogens with zero attached hydrogens (tertiary/aromatic N) is 2. The lowest BCUT2D eigenvalue weighted by molar-refractivity contribution is 0.208. The summed E-state index contributed by atoms with van der Waals surface area (Å²) >= 11 is 0. The molecular weight excluding hydrogens is 136 g/mol. The molecule has 0 heterocycles. The van der Waals surface area contributed by atoms with E-state index in [1.807, 2.05) is 20.9 Å². The molecule has 0 rings (SSSR count). The first-order valence-corrected chi connectivity index (χ1v) is 4.17. The molecule has 0 aliphatic heterocycles. The van der Waals surface area contributed by atoms with Crippen LogP contribution in [0.1, 0.15) is 33.6 Å². The van der Waals surface area contributed by atoms with Crippen molar-refractivity contribution in [3.8, 4) is 6.07 Å². The fourth-order valence-electron chi connectivity index (χ4n) is 0.760. The van der Waals surface area contributed by atoms with E-state index in [0.717, 1.165) is 6.54 Å². The summed E-state index contributed by atoms with van der Waals surface area (Å²) in [5.41, 5.74) is -0.310. The van der Waals surface area contributed by atoms with Gasteiger partial charge >= 0.3 is 0 Å². The molecule has 0 aliphatic carbocycles. The minimum atomic E-state index is -0.310. The van der Waals surface area contributed by atoms with Gasteiger partial charge in [-0.15, -0.1) is 0 Å². The lowest BCUT2D eigenvalue weighted by Crippen LogP contribution is -2.40. The lowest BCUT2D eigenvalue weighted by atomic mass is 10.1. The van der Waals surface area contributed by atoms with E-state index in [2.05, 4.69) is 17.9 Å². The van der Waals surface area contributed by atoms with Crippen molar-refractivity contribution in [3.05, 3.63) is 0 Å². The summed E-state index contributed by atoms with van der Waals surface area (Å²) in [6.07, 6.45) is 2.35. The van der Waals surface area contributed by atoms with E-state index in [1.165, 1.54) is 12.8 Å². The summed E-state index contributed by atoms with van der Waals surface area (Å²) in [6, 6.07) is 2.28. The minimum absolute atomic E-state index is 0.310. The number of rotatable bonds is 4. The molecule has 0 bridgehead atoms. The molecule has 0 fully saturated rings. The van der Waals surface area contributed by atoms with Crippen molar-refractivity contribution < 1.29 is 0 Å². The van der Waals surface area contributed by atoms with Gasteiger partial charge in [0.1, 0.15) is 5.54 Å². The van der Waals surface area contributed by atoms with Gasteiger partial charge in [0.15, 0.2) is 0 Å². The summed E-state index contributed by atoms with van der Waals surface area (Å²) in [4.78, 5) is 2.09. The molecule has 0 atom stereocenters. The summed E-state index contributed by atoms with van der Waals surface area (Å²) in [7, 11) is 2.00. The summed E-state index contributed by atoms with van der Waals surface area (Å²) in [5.74, 6) is 0. The van der Waals surface area contributed by atoms with E-state index in [4.69, 9.17) is 5.26 Å². The van der Waals surface area contributed by atoms with Gasteiger partial charge in [0, 0.05) is 0 Å². The van der Waals surface area contributed by atoms with Gasteiger partial charge in [-0.25, -0.2) is 0 Å². The summed E-state index contributed by atoms with van der Waals surface area (Å²) in [6.45, 7) is 7.07. The number of hydrogen-bond acceptors (Lipinski definition) is 2. The van der Waals surface area contributed by atoms with Gasteiger partial charge in [-0.3, -0.25) is 4.90 Å². The maximum atomic E-state index is 8.77. The van der Waals surface area contributed by atoms with Crippen LogP contribution in [0.15, 0.2) is 0 Å². The van der Waals surface area contributed by atoms with Gasteiger partial charge in [0.25, 0.3) is 0 Å². The average molecular weight is 154 g/mol. The monoisotopic (exact) mass is 154 g/mol. The van der Waals surface area contributed by atoms with E-state index in [1.54, 1.807) is 0 Å². The van der Waals surface area contributed by atoms with Gasteiger partial charge < -0.3 is 0 Å². The molecule has 0 aliphatic rings. The molecule has 2 heteroatoms. The Bertz CT molecular complexity index is 144. The number of hydrogen-bond donors (Lipinski definition) is 0. The van der Waals surface area contributed by atoms with Crippen molar-refractivity contribution in [2.75, 3.05) is 13.6 Å². The van der Waals surface area contributed by atoms with Gasteiger partial charge in [-0.2, -0.15) is 5.26 Å². The molecule has 0 unspecified atom stereocenters. The maximum absolute atomic E-state index is 8.77. The quantitative estimate of drug-likeness (QED) is 0.619. The van der Waals surface area contributed by atoms with E-state index in [0.29, 0.717) is 0 Å². The van der Waals surface area contributed by atoms with Gasteiger partial charge in [-0.05, 0) is 33.9 Å². The zero-order chi connectivity index (χ0) is 8.91. The van der Waals surface area contributed by atoms with Crippen molar-refractivity contribution in [3.63, 3.8) is 0 Å². The van der Waals surface area contributed by atoms with Crippen molar-refractivity contribution in [1.29, 1.82) is 5.26 Å². The van der Waals surface area contributed by atoms with Gasteiger partial charge in [-0.1, -0.05) is 13.3 Å². The SMILES string of the molecule is CCCCN(C)C(C)(C)C#N. The van der Waals surface area contributed by atoms with Crippen LogP contribution < -0.4 is 0 Å². The average Bonchev–Trinajstić information content (AvgIpc) is 2.00. The van der Waals surface area contributed by atoms with E-state index >= 15 is 0 Å². The Hall–Kier alpha value is -0.550. The predicted octanol–water partition coefficient (Wildman–Crippen LogP) is 2.02. The van der Waals surface area contributed by atoms with Crippen LogP contribution in [0.2, 0.25) is 0 Å². The van der Waals surface area contributed by atoms with Gasteiger partial charge in [0.05, 0.1) is 6.07 Å². The Kier molecular flexibility index (Phi) is 4.14. The Morgan fingerprint density at radius 2 is 2.00 bits per heavy atom. The molecule has 0 radical (unpaired) electrons. The van der Waals surface area contributed by atoms with E-state index in [-0.39, 0.29) is 5.54 Å². The first-order chi connectivity index (χ1) is 5.04. The Labute approximate surface area is 69.8 Å². The molecule has 0 aromatic carbocycles. The predicted molar refractivity (Wildman–Crippen MR) is 47.2 cm³/mol. The van der Waals surface area contributed by atoms with E-state index in [9.17, 15) is 0 Å². The fourth-order valence-corrected chi connectivity index (χ4v) is 0.760. The highest BCUT2D eigenvalue weighted by Gasteiger charge is 2.21. The first kappa shape index (κ1) is 10.4. The second kappa shape index (κ2) is 4.35. The molecule has 64 valence electrons. The molecule has 0 aromatic heterocycles.